The molecular formula is C20H24F3N5O. The fourth-order valence-electron chi connectivity index (χ4n) is 3.74. The highest BCUT2D eigenvalue weighted by Crippen LogP contribution is 2.34. The number of piperidine rings is 1. The number of rotatable bonds is 5. The second-order valence-electron chi connectivity index (χ2n) is 7.25. The van der Waals surface area contributed by atoms with Gasteiger partial charge in [-0.1, -0.05) is 0 Å². The van der Waals surface area contributed by atoms with E-state index in [1.165, 1.54) is 12.1 Å². The molecular weight excluding hydrogens is 383 g/mol. The highest BCUT2D eigenvalue weighted by molar-refractivity contribution is 5.62. The van der Waals surface area contributed by atoms with Crippen molar-refractivity contribution in [3.63, 3.8) is 0 Å². The van der Waals surface area contributed by atoms with E-state index in [0.29, 0.717) is 49.3 Å². The van der Waals surface area contributed by atoms with Gasteiger partial charge in [-0.2, -0.15) is 0 Å². The molecule has 0 spiro atoms. The topological polar surface area (TPSA) is 62.3 Å². The van der Waals surface area contributed by atoms with Crippen molar-refractivity contribution in [1.29, 1.82) is 0 Å². The lowest BCUT2D eigenvalue weighted by atomic mass is 9.93. The van der Waals surface area contributed by atoms with Gasteiger partial charge in [0.25, 0.3) is 6.43 Å². The number of hydrogen-bond acceptors (Lipinski definition) is 6. The molecule has 9 heteroatoms. The Balaban J connectivity index is 1.66. The molecule has 2 fully saturated rings. The number of ether oxygens (including phenoxy) is 1. The first-order chi connectivity index (χ1) is 14.1. The summed E-state index contributed by atoms with van der Waals surface area (Å²) in [5.41, 5.74) is 0.790. The van der Waals surface area contributed by atoms with Crippen molar-refractivity contribution in [3.8, 4) is 0 Å². The van der Waals surface area contributed by atoms with E-state index in [4.69, 9.17) is 4.74 Å². The Morgan fingerprint density at radius 3 is 2.55 bits per heavy atom. The molecule has 0 radical (unpaired) electrons. The summed E-state index contributed by atoms with van der Waals surface area (Å²) in [6.07, 6.45) is 0.196. The fraction of sp³-hybridized carbons (Fsp3) is 0.500. The number of pyridine rings is 2. The van der Waals surface area contributed by atoms with Gasteiger partial charge < -0.3 is 20.3 Å². The van der Waals surface area contributed by atoms with Crippen molar-refractivity contribution >= 4 is 17.3 Å². The normalized spacial score (nSPS) is 18.3. The van der Waals surface area contributed by atoms with E-state index in [9.17, 15) is 8.78 Å². The average Bonchev–Trinajstić information content (AvgIpc) is 2.76. The molecule has 2 aliphatic heterocycles. The largest absolute Gasteiger partial charge is 0.378 e. The van der Waals surface area contributed by atoms with Crippen molar-refractivity contribution < 1.29 is 17.9 Å². The molecule has 0 amide bonds. The van der Waals surface area contributed by atoms with E-state index >= 15 is 4.39 Å². The van der Waals surface area contributed by atoms with Crippen molar-refractivity contribution in [2.75, 3.05) is 49.6 Å². The second-order valence-corrected chi connectivity index (χ2v) is 7.25. The number of anilines is 3. The lowest BCUT2D eigenvalue weighted by molar-refractivity contribution is 0.122. The summed E-state index contributed by atoms with van der Waals surface area (Å²) in [5, 5.41) is 6.34. The van der Waals surface area contributed by atoms with Crippen LogP contribution >= 0.6 is 0 Å². The Kier molecular flexibility index (Phi) is 6.15. The van der Waals surface area contributed by atoms with Crippen LogP contribution in [0, 0.1) is 5.82 Å². The van der Waals surface area contributed by atoms with Crippen LogP contribution in [0.25, 0.3) is 0 Å². The first kappa shape index (κ1) is 19.9. The summed E-state index contributed by atoms with van der Waals surface area (Å²) in [6.45, 7) is 3.95. The number of halogens is 3. The molecule has 2 aromatic heterocycles. The molecule has 0 bridgehead atoms. The van der Waals surface area contributed by atoms with Crippen LogP contribution < -0.4 is 15.5 Å². The van der Waals surface area contributed by atoms with Gasteiger partial charge in [0, 0.05) is 36.8 Å². The monoisotopic (exact) mass is 407 g/mol. The van der Waals surface area contributed by atoms with Gasteiger partial charge in [-0.25, -0.2) is 23.1 Å². The van der Waals surface area contributed by atoms with E-state index < -0.39 is 6.43 Å². The molecule has 0 atom stereocenters. The van der Waals surface area contributed by atoms with Gasteiger partial charge >= 0.3 is 0 Å². The predicted octanol–water partition coefficient (Wildman–Crippen LogP) is 3.60. The summed E-state index contributed by atoms with van der Waals surface area (Å²) in [5.74, 6) is 0.591. The fourth-order valence-corrected chi connectivity index (χ4v) is 3.74. The molecule has 6 nitrogen and oxygen atoms in total. The standard InChI is InChI=1S/C20H24F3N5O/c21-18-15(28-7-9-29-10-8-28)11-17(27-19(18)13-3-5-24-6-4-13)26-16-2-1-14(12-25-16)20(22)23/h1-2,11-13,20,24H,3-10H2,(H,25,26,27). The van der Waals surface area contributed by atoms with Gasteiger partial charge in [0.2, 0.25) is 0 Å². The molecule has 0 aliphatic carbocycles. The van der Waals surface area contributed by atoms with Crippen molar-refractivity contribution in [2.45, 2.75) is 25.2 Å². The van der Waals surface area contributed by atoms with Crippen LogP contribution in [0.1, 0.15) is 36.4 Å². The van der Waals surface area contributed by atoms with Crippen LogP contribution in [0.4, 0.5) is 30.5 Å². The van der Waals surface area contributed by atoms with Crippen LogP contribution in [0.5, 0.6) is 0 Å². The van der Waals surface area contributed by atoms with Gasteiger partial charge in [0.15, 0.2) is 5.82 Å². The molecule has 0 unspecified atom stereocenters. The van der Waals surface area contributed by atoms with Crippen LogP contribution in [-0.2, 0) is 4.74 Å². The molecule has 2 saturated heterocycles. The zero-order valence-corrected chi connectivity index (χ0v) is 16.0. The SMILES string of the molecule is Fc1c(N2CCOCC2)cc(Nc2ccc(C(F)F)cn2)nc1C1CCNCC1. The van der Waals surface area contributed by atoms with Gasteiger partial charge in [-0.3, -0.25) is 0 Å². The van der Waals surface area contributed by atoms with Gasteiger partial charge in [0.05, 0.1) is 24.6 Å². The van der Waals surface area contributed by atoms with Gasteiger partial charge in [0.1, 0.15) is 11.6 Å². The Bertz CT molecular complexity index is 782. The summed E-state index contributed by atoms with van der Waals surface area (Å²) in [7, 11) is 0. The number of aromatic nitrogens is 2. The lowest BCUT2D eigenvalue weighted by Gasteiger charge is -2.31. The third-order valence-corrected chi connectivity index (χ3v) is 5.34. The highest BCUT2D eigenvalue weighted by atomic mass is 19.3. The number of nitrogens with zero attached hydrogens (tertiary/aromatic N) is 3. The summed E-state index contributed by atoms with van der Waals surface area (Å²) in [6, 6.07) is 4.46. The minimum atomic E-state index is -2.57. The van der Waals surface area contributed by atoms with E-state index in [0.717, 1.165) is 32.1 Å². The molecule has 2 aliphatic rings. The second kappa shape index (κ2) is 8.96. The Labute approximate surface area is 167 Å². The number of nitrogens with one attached hydrogen (secondary N) is 2. The zero-order valence-electron chi connectivity index (χ0n) is 16.0. The zero-order chi connectivity index (χ0) is 20.2. The third kappa shape index (κ3) is 4.62. The number of alkyl halides is 2. The van der Waals surface area contributed by atoms with Crippen molar-refractivity contribution in [3.05, 3.63) is 41.5 Å². The average molecular weight is 407 g/mol. The highest BCUT2D eigenvalue weighted by Gasteiger charge is 2.26. The quantitative estimate of drug-likeness (QED) is 0.790. The third-order valence-electron chi connectivity index (χ3n) is 5.34. The molecule has 29 heavy (non-hydrogen) atoms. The summed E-state index contributed by atoms with van der Waals surface area (Å²) >= 11 is 0. The molecule has 4 rings (SSSR count). The van der Waals surface area contributed by atoms with Crippen molar-refractivity contribution in [1.82, 2.24) is 15.3 Å². The van der Waals surface area contributed by atoms with Crippen LogP contribution in [-0.4, -0.2) is 49.4 Å². The summed E-state index contributed by atoms with van der Waals surface area (Å²) in [4.78, 5) is 10.5. The summed E-state index contributed by atoms with van der Waals surface area (Å²) < 4.78 is 46.3. The van der Waals surface area contributed by atoms with E-state index in [2.05, 4.69) is 20.6 Å². The van der Waals surface area contributed by atoms with Crippen LogP contribution in [0.3, 0.4) is 0 Å². The number of morpholine rings is 1. The molecule has 0 aromatic carbocycles. The van der Waals surface area contributed by atoms with Crippen LogP contribution in [0.2, 0.25) is 0 Å². The first-order valence-corrected chi connectivity index (χ1v) is 9.87. The van der Waals surface area contributed by atoms with Gasteiger partial charge in [-0.05, 0) is 38.1 Å². The Morgan fingerprint density at radius 2 is 1.90 bits per heavy atom. The molecule has 2 N–H and O–H groups in total. The Morgan fingerprint density at radius 1 is 1.14 bits per heavy atom. The smallest absolute Gasteiger partial charge is 0.265 e. The first-order valence-electron chi connectivity index (χ1n) is 9.87. The van der Waals surface area contributed by atoms with Crippen LogP contribution in [0.15, 0.2) is 24.4 Å². The molecule has 156 valence electrons. The molecule has 0 saturated carbocycles. The minimum absolute atomic E-state index is 0.0342. The maximum atomic E-state index is 15.4. The maximum absolute atomic E-state index is 15.4. The molecule has 4 heterocycles. The predicted molar refractivity (Wildman–Crippen MR) is 105 cm³/mol. The Hall–Kier alpha value is -2.39. The number of hydrogen-bond donors (Lipinski definition) is 2. The van der Waals surface area contributed by atoms with Gasteiger partial charge in [-0.15, -0.1) is 0 Å². The lowest BCUT2D eigenvalue weighted by Crippen LogP contribution is -2.37. The van der Waals surface area contributed by atoms with Crippen molar-refractivity contribution in [2.24, 2.45) is 0 Å². The maximum Gasteiger partial charge on any atom is 0.265 e. The minimum Gasteiger partial charge on any atom is -0.378 e. The van der Waals surface area contributed by atoms with E-state index in [-0.39, 0.29) is 17.3 Å². The molecule has 2 aromatic rings. The van der Waals surface area contributed by atoms with E-state index in [1.807, 2.05) is 4.90 Å². The van der Waals surface area contributed by atoms with E-state index in [1.54, 1.807) is 6.07 Å².